The van der Waals surface area contributed by atoms with E-state index < -0.39 is 35.8 Å². The maximum atomic E-state index is 14.8. The summed E-state index contributed by atoms with van der Waals surface area (Å²) in [5.74, 6) is -2.01. The molecule has 1 aromatic carbocycles. The number of nitrogens with one attached hydrogen (secondary N) is 3. The highest BCUT2D eigenvalue weighted by atomic mass is 32.2. The van der Waals surface area contributed by atoms with Crippen molar-refractivity contribution in [2.24, 2.45) is 23.7 Å². The van der Waals surface area contributed by atoms with Crippen LogP contribution in [-0.2, 0) is 35.1 Å². The number of phenols is 1. The summed E-state index contributed by atoms with van der Waals surface area (Å²) in [6.45, 7) is 14.5. The Bertz CT molecular complexity index is 1790. The zero-order valence-corrected chi connectivity index (χ0v) is 41.1. The highest BCUT2D eigenvalue weighted by Crippen LogP contribution is 2.33. The highest BCUT2D eigenvalue weighted by Gasteiger charge is 2.38. The Kier molecular flexibility index (Phi) is 23.6. The standard InChI is InChI=1S/C47H74N6O9S2/c1-10-15-42(56)62-29-53(46(59)37(31(5)11-2)27-41(55)39-16-12-13-21-52(39)8)40(30(3)4)25-33(7)45-49-38(28-64-45)44(58)48-35(26-34-17-19-36(54)20-18-34)24-32(6)43(57)50-51-47(60)61-22-14-23-63-9/h17-20,28,30-33,35,37,39-40,54H,10-16,21-27,29H2,1-9H3,(H,48,58)(H,50,57)(H,51,60)/t31?,32-,33+,35+,37-,39+,40+/m0/s1. The summed E-state index contributed by atoms with van der Waals surface area (Å²) >= 11 is 2.98. The van der Waals surface area contributed by atoms with Crippen LogP contribution in [0, 0.1) is 23.7 Å². The summed E-state index contributed by atoms with van der Waals surface area (Å²) < 4.78 is 10.8. The second kappa shape index (κ2) is 28.0. The molecule has 1 aliphatic rings. The molecule has 7 atom stereocenters. The third-order valence-corrected chi connectivity index (χ3v) is 13.9. The van der Waals surface area contributed by atoms with E-state index >= 15 is 0 Å². The van der Waals surface area contributed by atoms with Crippen LogP contribution < -0.4 is 16.2 Å². The van der Waals surface area contributed by atoms with Crippen LogP contribution in [0.2, 0.25) is 0 Å². The topological polar surface area (TPSA) is 197 Å². The van der Waals surface area contributed by atoms with Gasteiger partial charge in [0.15, 0.2) is 12.5 Å². The number of piperidine rings is 1. The fraction of sp³-hybridized carbons (Fsp3) is 0.681. The van der Waals surface area contributed by atoms with Crippen LogP contribution in [-0.4, -0.2) is 113 Å². The van der Waals surface area contributed by atoms with E-state index in [1.165, 1.54) is 11.3 Å². The molecule has 0 aliphatic carbocycles. The highest BCUT2D eigenvalue weighted by molar-refractivity contribution is 7.98. The molecule has 15 nitrogen and oxygen atoms in total. The summed E-state index contributed by atoms with van der Waals surface area (Å²) in [7, 11) is 1.97. The average Bonchev–Trinajstić information content (AvgIpc) is 3.77. The number of phenolic OH excluding ortho intramolecular Hbond substituents is 1. The summed E-state index contributed by atoms with van der Waals surface area (Å²) in [5.41, 5.74) is 5.72. The number of thioether (sulfide) groups is 1. The summed E-state index contributed by atoms with van der Waals surface area (Å²) in [5, 5.41) is 15.3. The number of likely N-dealkylation sites (N-methyl/N-ethyl adjacent to an activating group) is 1. The molecule has 4 amide bonds. The number of Topliss-reactive ketones (excluding diaryl/α,β-unsaturated/α-hetero) is 1. The number of rotatable bonds is 26. The molecule has 2 heterocycles. The normalized spacial score (nSPS) is 17.0. The number of hydrogen-bond acceptors (Lipinski definition) is 13. The molecule has 64 heavy (non-hydrogen) atoms. The van der Waals surface area contributed by atoms with Crippen molar-refractivity contribution in [1.29, 1.82) is 0 Å². The lowest BCUT2D eigenvalue weighted by Gasteiger charge is -2.39. The van der Waals surface area contributed by atoms with Gasteiger partial charge in [-0.1, -0.05) is 73.4 Å². The van der Waals surface area contributed by atoms with Crippen molar-refractivity contribution >= 4 is 58.7 Å². The molecule has 0 saturated carbocycles. The summed E-state index contributed by atoms with van der Waals surface area (Å²) in [6, 6.07) is 5.49. The third-order valence-electron chi connectivity index (χ3n) is 12.1. The number of benzene rings is 1. The quantitative estimate of drug-likeness (QED) is 0.0315. The minimum atomic E-state index is -0.761. The van der Waals surface area contributed by atoms with Crippen LogP contribution in [0.4, 0.5) is 4.79 Å². The van der Waals surface area contributed by atoms with Gasteiger partial charge in [0.25, 0.3) is 5.91 Å². The zero-order valence-electron chi connectivity index (χ0n) is 39.5. The number of likely N-dealkylation sites (tertiary alicyclic amines) is 1. The van der Waals surface area contributed by atoms with E-state index in [0.29, 0.717) is 37.1 Å². The van der Waals surface area contributed by atoms with Gasteiger partial charge in [-0.25, -0.2) is 15.2 Å². The number of thiazole rings is 1. The average molecular weight is 931 g/mol. The summed E-state index contributed by atoms with van der Waals surface area (Å²) in [4.78, 5) is 88.8. The van der Waals surface area contributed by atoms with Crippen LogP contribution in [0.15, 0.2) is 29.6 Å². The number of amides is 4. The van der Waals surface area contributed by atoms with Crippen molar-refractivity contribution in [2.45, 2.75) is 143 Å². The van der Waals surface area contributed by atoms with Crippen molar-refractivity contribution in [3.63, 3.8) is 0 Å². The van der Waals surface area contributed by atoms with E-state index in [4.69, 9.17) is 14.5 Å². The van der Waals surface area contributed by atoms with E-state index in [9.17, 15) is 33.9 Å². The van der Waals surface area contributed by atoms with E-state index in [1.807, 2.05) is 54.8 Å². The van der Waals surface area contributed by atoms with Crippen LogP contribution in [0.1, 0.15) is 140 Å². The minimum absolute atomic E-state index is 0.0533. The van der Waals surface area contributed by atoms with Gasteiger partial charge in [0.05, 0.1) is 17.7 Å². The lowest BCUT2D eigenvalue weighted by Crippen LogP contribution is -2.50. The molecule has 1 fully saturated rings. The van der Waals surface area contributed by atoms with E-state index in [0.717, 1.165) is 37.1 Å². The number of hydrazine groups is 1. The lowest BCUT2D eigenvalue weighted by molar-refractivity contribution is -0.160. The number of carbonyl (C=O) groups excluding carboxylic acids is 6. The Balaban J connectivity index is 1.81. The third kappa shape index (κ3) is 17.6. The van der Waals surface area contributed by atoms with Crippen molar-refractivity contribution in [3.8, 4) is 5.75 Å². The molecular formula is C47H74N6O9S2. The van der Waals surface area contributed by atoms with E-state index in [1.54, 1.807) is 53.2 Å². The van der Waals surface area contributed by atoms with Crippen molar-refractivity contribution < 1.29 is 43.3 Å². The fourth-order valence-electron chi connectivity index (χ4n) is 7.99. The lowest BCUT2D eigenvalue weighted by atomic mass is 9.82. The first-order valence-electron chi connectivity index (χ1n) is 22.9. The minimum Gasteiger partial charge on any atom is -0.508 e. The molecule has 3 rings (SSSR count). The van der Waals surface area contributed by atoms with Crippen molar-refractivity contribution in [2.75, 3.05) is 38.9 Å². The Labute approximate surface area is 388 Å². The van der Waals surface area contributed by atoms with Gasteiger partial charge in [-0.3, -0.25) is 34.3 Å². The number of carbonyl (C=O) groups is 6. The molecule has 0 bridgehead atoms. The van der Waals surface area contributed by atoms with Gasteiger partial charge in [0.1, 0.15) is 11.4 Å². The monoisotopic (exact) mass is 930 g/mol. The maximum Gasteiger partial charge on any atom is 0.426 e. The molecule has 1 unspecified atom stereocenters. The maximum absolute atomic E-state index is 14.8. The number of ether oxygens (including phenoxy) is 2. The number of nitrogens with zero attached hydrogens (tertiary/aromatic N) is 3. The molecule has 1 aliphatic heterocycles. The predicted molar refractivity (Wildman–Crippen MR) is 252 cm³/mol. The van der Waals surface area contributed by atoms with Gasteiger partial charge < -0.3 is 24.8 Å². The van der Waals surface area contributed by atoms with E-state index in [2.05, 4.69) is 21.1 Å². The first-order valence-corrected chi connectivity index (χ1v) is 25.2. The Morgan fingerprint density at radius 2 is 1.72 bits per heavy atom. The van der Waals surface area contributed by atoms with Gasteiger partial charge in [-0.2, -0.15) is 11.8 Å². The molecular weight excluding hydrogens is 857 g/mol. The second-order valence-electron chi connectivity index (χ2n) is 17.7. The second-order valence-corrected chi connectivity index (χ2v) is 19.5. The van der Waals surface area contributed by atoms with Gasteiger partial charge in [0.2, 0.25) is 11.8 Å². The SMILES string of the molecule is CCCC(=O)OCN(C(=O)[C@@H](CC(=O)[C@H]1CCCCN1C)C(C)CC)[C@H](C[C@@H](C)c1nc(C(=O)N[C@@H](Cc2ccc(O)cc2)C[C@H](C)C(=O)NNC(=O)OCCCSC)cs1)C(C)C. The van der Waals surface area contributed by atoms with Crippen LogP contribution in [0.25, 0.3) is 0 Å². The summed E-state index contributed by atoms with van der Waals surface area (Å²) in [6.07, 6.45) is 7.39. The van der Waals surface area contributed by atoms with Crippen LogP contribution in [0.5, 0.6) is 5.75 Å². The van der Waals surface area contributed by atoms with Gasteiger partial charge in [-0.15, -0.1) is 11.3 Å². The molecule has 1 saturated heterocycles. The van der Waals surface area contributed by atoms with Crippen molar-refractivity contribution in [1.82, 2.24) is 31.0 Å². The van der Waals surface area contributed by atoms with Gasteiger partial charge in [-0.05, 0) is 100 Å². The fourth-order valence-corrected chi connectivity index (χ4v) is 9.27. The van der Waals surface area contributed by atoms with Crippen LogP contribution >= 0.6 is 23.1 Å². The molecule has 358 valence electrons. The molecule has 0 radical (unpaired) electrons. The molecule has 0 spiro atoms. The predicted octanol–water partition coefficient (Wildman–Crippen LogP) is 7.48. The molecule has 17 heteroatoms. The first-order chi connectivity index (χ1) is 30.5. The van der Waals surface area contributed by atoms with E-state index in [-0.39, 0.29) is 91.5 Å². The first kappa shape index (κ1) is 54.1. The van der Waals surface area contributed by atoms with Gasteiger partial charge >= 0.3 is 12.1 Å². The number of aromatic nitrogens is 1. The van der Waals surface area contributed by atoms with Gasteiger partial charge in [0, 0.05) is 48.1 Å². The Morgan fingerprint density at radius 1 is 1.00 bits per heavy atom. The smallest absolute Gasteiger partial charge is 0.426 e. The Hall–Kier alpha value is -4.22. The number of hydrogen-bond donors (Lipinski definition) is 4. The molecule has 4 N–H and O–H groups in total. The van der Waals surface area contributed by atoms with Crippen LogP contribution in [0.3, 0.4) is 0 Å². The van der Waals surface area contributed by atoms with Crippen molar-refractivity contribution in [3.05, 3.63) is 45.9 Å². The number of esters is 1. The zero-order chi connectivity index (χ0) is 47.3. The number of aromatic hydroxyl groups is 1. The Morgan fingerprint density at radius 3 is 2.36 bits per heavy atom. The number of ketones is 1. The molecule has 1 aromatic heterocycles. The molecule has 2 aromatic rings. The largest absolute Gasteiger partial charge is 0.508 e.